The van der Waals surface area contributed by atoms with Crippen LogP contribution in [-0.4, -0.2) is 53.1 Å². The molecule has 1 unspecified atom stereocenters. The molecule has 1 aliphatic heterocycles. The minimum Gasteiger partial charge on any atom is -0.480 e. The average Bonchev–Trinajstić information content (AvgIpc) is 3.19. The van der Waals surface area contributed by atoms with E-state index in [1.807, 2.05) is 0 Å². The van der Waals surface area contributed by atoms with Gasteiger partial charge in [-0.25, -0.2) is 9.59 Å². The number of urea groups is 1. The minimum atomic E-state index is -0.964. The molecule has 1 aliphatic carbocycles. The first kappa shape index (κ1) is 14.6. The van der Waals surface area contributed by atoms with Crippen LogP contribution in [0.5, 0.6) is 0 Å². The fraction of sp³-hybridized carbons (Fsp3) is 0.769. The summed E-state index contributed by atoms with van der Waals surface area (Å²) in [4.78, 5) is 35.7. The number of carboxylic acids is 1. The number of rotatable bonds is 4. The molecule has 1 saturated carbocycles. The van der Waals surface area contributed by atoms with Crippen molar-refractivity contribution in [2.45, 2.75) is 44.7 Å². The maximum Gasteiger partial charge on any atom is 0.326 e. The van der Waals surface area contributed by atoms with Crippen LogP contribution in [0.1, 0.15) is 32.6 Å². The first-order valence-corrected chi connectivity index (χ1v) is 7.02. The Bertz CT molecular complexity index is 400. The van der Waals surface area contributed by atoms with Crippen molar-refractivity contribution in [1.29, 1.82) is 0 Å². The summed E-state index contributed by atoms with van der Waals surface area (Å²) >= 11 is 0. The molecular weight excluding hydrogens is 262 g/mol. The molecule has 7 heteroatoms. The summed E-state index contributed by atoms with van der Waals surface area (Å²) in [6, 6.07) is -0.976. The van der Waals surface area contributed by atoms with Crippen LogP contribution in [-0.2, 0) is 9.59 Å². The topological polar surface area (TPSA) is 98.7 Å². The molecule has 3 N–H and O–H groups in total. The number of likely N-dealkylation sites (tertiary alicyclic amines) is 1. The van der Waals surface area contributed by atoms with Gasteiger partial charge in [0.25, 0.3) is 0 Å². The van der Waals surface area contributed by atoms with Gasteiger partial charge in [-0.3, -0.25) is 4.79 Å². The number of hydrogen-bond acceptors (Lipinski definition) is 3. The molecule has 2 fully saturated rings. The smallest absolute Gasteiger partial charge is 0.326 e. The van der Waals surface area contributed by atoms with Gasteiger partial charge in [-0.2, -0.15) is 0 Å². The zero-order valence-electron chi connectivity index (χ0n) is 11.6. The predicted octanol–water partition coefficient (Wildman–Crippen LogP) is 0.160. The van der Waals surface area contributed by atoms with E-state index in [-0.39, 0.29) is 23.9 Å². The second kappa shape index (κ2) is 6.11. The number of carbonyl (C=O) groups is 3. The van der Waals surface area contributed by atoms with Gasteiger partial charge >= 0.3 is 12.0 Å². The maximum atomic E-state index is 12.0. The molecular formula is C13H21N3O4. The van der Waals surface area contributed by atoms with Crippen LogP contribution in [0.4, 0.5) is 4.79 Å². The molecule has 3 amide bonds. The number of nitrogens with zero attached hydrogens (tertiary/aromatic N) is 1. The third kappa shape index (κ3) is 3.85. The monoisotopic (exact) mass is 283 g/mol. The Hall–Kier alpha value is -1.79. The molecule has 2 aliphatic rings. The Labute approximate surface area is 117 Å². The number of carboxylic acid groups (broad SMARTS) is 1. The molecule has 20 heavy (non-hydrogen) atoms. The van der Waals surface area contributed by atoms with E-state index in [9.17, 15) is 14.4 Å². The lowest BCUT2D eigenvalue weighted by atomic mass is 10.1. The standard InChI is InChI=1S/C13H21N3O4/c1-8(17)14-10-4-6-16(7-5-10)13(20)15-11(12(18)19)9-2-3-9/h9-11H,2-7H2,1H3,(H,14,17)(H,15,20)(H,18,19). The maximum absolute atomic E-state index is 12.0. The van der Waals surface area contributed by atoms with E-state index in [4.69, 9.17) is 5.11 Å². The highest BCUT2D eigenvalue weighted by Crippen LogP contribution is 2.32. The molecule has 0 aromatic carbocycles. The molecule has 1 heterocycles. The van der Waals surface area contributed by atoms with Gasteiger partial charge in [0, 0.05) is 26.1 Å². The quantitative estimate of drug-likeness (QED) is 0.684. The molecule has 2 rings (SSSR count). The van der Waals surface area contributed by atoms with Crippen molar-refractivity contribution in [1.82, 2.24) is 15.5 Å². The lowest BCUT2D eigenvalue weighted by molar-refractivity contribution is -0.139. The first-order valence-electron chi connectivity index (χ1n) is 7.02. The van der Waals surface area contributed by atoms with Crippen LogP contribution < -0.4 is 10.6 Å². The molecule has 0 aromatic rings. The first-order chi connectivity index (χ1) is 9.47. The van der Waals surface area contributed by atoms with Crippen molar-refractivity contribution in [3.05, 3.63) is 0 Å². The van der Waals surface area contributed by atoms with E-state index in [0.29, 0.717) is 25.9 Å². The van der Waals surface area contributed by atoms with E-state index in [1.165, 1.54) is 6.92 Å². The van der Waals surface area contributed by atoms with E-state index in [0.717, 1.165) is 12.8 Å². The average molecular weight is 283 g/mol. The summed E-state index contributed by atoms with van der Waals surface area (Å²) < 4.78 is 0. The molecule has 0 aromatic heterocycles. The van der Waals surface area contributed by atoms with Crippen LogP contribution in [0.2, 0.25) is 0 Å². The van der Waals surface area contributed by atoms with Gasteiger partial charge in [0.15, 0.2) is 0 Å². The summed E-state index contributed by atoms with van der Waals surface area (Å²) in [6.07, 6.45) is 3.13. The highest BCUT2D eigenvalue weighted by atomic mass is 16.4. The molecule has 0 spiro atoms. The zero-order chi connectivity index (χ0) is 14.7. The van der Waals surface area contributed by atoms with Gasteiger partial charge in [-0.15, -0.1) is 0 Å². The van der Waals surface area contributed by atoms with Crippen LogP contribution in [0.3, 0.4) is 0 Å². The van der Waals surface area contributed by atoms with Crippen molar-refractivity contribution < 1.29 is 19.5 Å². The normalized spacial score (nSPS) is 21.1. The number of piperidine rings is 1. The second-order valence-electron chi connectivity index (χ2n) is 5.56. The van der Waals surface area contributed by atoms with Gasteiger partial charge in [-0.1, -0.05) is 0 Å². The highest BCUT2D eigenvalue weighted by Gasteiger charge is 2.38. The zero-order valence-corrected chi connectivity index (χ0v) is 11.6. The lowest BCUT2D eigenvalue weighted by Gasteiger charge is -2.33. The van der Waals surface area contributed by atoms with Gasteiger partial charge in [0.2, 0.25) is 5.91 Å². The fourth-order valence-electron chi connectivity index (χ4n) is 2.55. The Morgan fingerprint density at radius 3 is 2.20 bits per heavy atom. The molecule has 1 atom stereocenters. The van der Waals surface area contributed by atoms with Crippen LogP contribution >= 0.6 is 0 Å². The molecule has 0 bridgehead atoms. The van der Waals surface area contributed by atoms with E-state index < -0.39 is 12.0 Å². The predicted molar refractivity (Wildman–Crippen MR) is 71.1 cm³/mol. The highest BCUT2D eigenvalue weighted by molar-refractivity contribution is 5.83. The number of hydrogen-bond donors (Lipinski definition) is 3. The van der Waals surface area contributed by atoms with Gasteiger partial charge in [0.05, 0.1) is 0 Å². The van der Waals surface area contributed by atoms with E-state index in [1.54, 1.807) is 4.90 Å². The molecule has 0 radical (unpaired) electrons. The Balaban J connectivity index is 1.79. The number of carbonyl (C=O) groups excluding carboxylic acids is 2. The summed E-state index contributed by atoms with van der Waals surface area (Å²) in [5, 5.41) is 14.5. The van der Waals surface area contributed by atoms with Gasteiger partial charge in [-0.05, 0) is 31.6 Å². The van der Waals surface area contributed by atoms with Gasteiger partial charge in [0.1, 0.15) is 6.04 Å². The summed E-state index contributed by atoms with van der Waals surface area (Å²) in [7, 11) is 0. The number of aliphatic carboxylic acids is 1. The Kier molecular flexibility index (Phi) is 4.46. The third-order valence-electron chi connectivity index (χ3n) is 3.83. The Morgan fingerprint density at radius 2 is 1.75 bits per heavy atom. The van der Waals surface area contributed by atoms with E-state index in [2.05, 4.69) is 10.6 Å². The lowest BCUT2D eigenvalue weighted by Crippen LogP contribution is -2.53. The fourth-order valence-corrected chi connectivity index (χ4v) is 2.55. The number of amides is 3. The summed E-state index contributed by atoms with van der Waals surface area (Å²) in [5.41, 5.74) is 0. The van der Waals surface area contributed by atoms with E-state index >= 15 is 0 Å². The summed E-state index contributed by atoms with van der Waals surface area (Å²) in [6.45, 7) is 2.55. The van der Waals surface area contributed by atoms with Crippen LogP contribution in [0.15, 0.2) is 0 Å². The minimum absolute atomic E-state index is 0.0624. The van der Waals surface area contributed by atoms with Crippen molar-refractivity contribution >= 4 is 17.9 Å². The van der Waals surface area contributed by atoms with Gasteiger partial charge < -0.3 is 20.6 Å². The molecule has 7 nitrogen and oxygen atoms in total. The SMILES string of the molecule is CC(=O)NC1CCN(C(=O)NC(C(=O)O)C2CC2)CC1. The number of nitrogens with one attached hydrogen (secondary N) is 2. The molecule has 112 valence electrons. The van der Waals surface area contributed by atoms with Crippen molar-refractivity contribution in [2.75, 3.05) is 13.1 Å². The van der Waals surface area contributed by atoms with Crippen LogP contribution in [0.25, 0.3) is 0 Å². The summed E-state index contributed by atoms with van der Waals surface area (Å²) in [5.74, 6) is -0.949. The largest absolute Gasteiger partial charge is 0.480 e. The van der Waals surface area contributed by atoms with Crippen molar-refractivity contribution in [2.24, 2.45) is 5.92 Å². The van der Waals surface area contributed by atoms with Crippen LogP contribution in [0, 0.1) is 5.92 Å². The van der Waals surface area contributed by atoms with Crippen molar-refractivity contribution in [3.8, 4) is 0 Å². The molecule has 1 saturated heterocycles. The second-order valence-corrected chi connectivity index (χ2v) is 5.56. The third-order valence-corrected chi connectivity index (χ3v) is 3.83. The Morgan fingerprint density at radius 1 is 1.15 bits per heavy atom. The van der Waals surface area contributed by atoms with Crippen molar-refractivity contribution in [3.63, 3.8) is 0 Å².